The number of hydrogen-bond acceptors (Lipinski definition) is 2. The second-order valence-corrected chi connectivity index (χ2v) is 4.98. The van der Waals surface area contributed by atoms with Gasteiger partial charge in [-0.1, -0.05) is 15.9 Å². The van der Waals surface area contributed by atoms with Crippen molar-refractivity contribution in [2.75, 3.05) is 5.32 Å². The normalized spacial score (nSPS) is 10.5. The number of rotatable bonds is 2. The van der Waals surface area contributed by atoms with Crippen LogP contribution in [0.4, 0.5) is 15.9 Å². The lowest BCUT2D eigenvalue weighted by atomic mass is 10.3. The maximum atomic E-state index is 13.6. The monoisotopic (exact) mass is 347 g/mol. The molecule has 0 bridgehead atoms. The first kappa shape index (κ1) is 11.6. The van der Waals surface area contributed by atoms with E-state index in [-0.39, 0.29) is 5.82 Å². The zero-order chi connectivity index (χ0) is 11.7. The average Bonchev–Trinajstić information content (AvgIpc) is 2.53. The van der Waals surface area contributed by atoms with Crippen LogP contribution in [0.5, 0.6) is 0 Å². The van der Waals surface area contributed by atoms with E-state index in [0.717, 1.165) is 4.47 Å². The summed E-state index contributed by atoms with van der Waals surface area (Å²) in [5.41, 5.74) is 0.410. The molecular formula is C10H8Br2FN3. The second kappa shape index (κ2) is 4.55. The molecule has 84 valence electrons. The summed E-state index contributed by atoms with van der Waals surface area (Å²) < 4.78 is 16.7. The number of aromatic nitrogens is 2. The van der Waals surface area contributed by atoms with Crippen molar-refractivity contribution in [3.05, 3.63) is 39.2 Å². The molecule has 0 unspecified atom stereocenters. The van der Waals surface area contributed by atoms with Gasteiger partial charge in [-0.2, -0.15) is 5.10 Å². The van der Waals surface area contributed by atoms with Crippen LogP contribution in [0.1, 0.15) is 0 Å². The Balaban J connectivity index is 2.34. The summed E-state index contributed by atoms with van der Waals surface area (Å²) in [6.07, 6.45) is 1.65. The van der Waals surface area contributed by atoms with Gasteiger partial charge < -0.3 is 5.32 Å². The Hall–Kier alpha value is -0.880. The highest BCUT2D eigenvalue weighted by Crippen LogP contribution is 2.27. The second-order valence-electron chi connectivity index (χ2n) is 3.21. The summed E-state index contributed by atoms with van der Waals surface area (Å²) in [4.78, 5) is 0. The summed E-state index contributed by atoms with van der Waals surface area (Å²) in [7, 11) is 1.78. The number of nitrogens with zero attached hydrogens (tertiary/aromatic N) is 2. The molecule has 0 saturated carbocycles. The fourth-order valence-corrected chi connectivity index (χ4v) is 2.05. The molecule has 0 fully saturated rings. The molecule has 0 atom stereocenters. The van der Waals surface area contributed by atoms with E-state index in [4.69, 9.17) is 0 Å². The van der Waals surface area contributed by atoms with Crippen LogP contribution in [-0.4, -0.2) is 9.78 Å². The molecule has 0 aliphatic rings. The number of hydrogen-bond donors (Lipinski definition) is 1. The van der Waals surface area contributed by atoms with Gasteiger partial charge in [-0.25, -0.2) is 4.39 Å². The molecular weight excluding hydrogens is 341 g/mol. The minimum Gasteiger partial charge on any atom is -0.337 e. The quantitative estimate of drug-likeness (QED) is 0.893. The first-order valence-corrected chi connectivity index (χ1v) is 6.06. The van der Waals surface area contributed by atoms with Crippen LogP contribution in [0, 0.1) is 5.82 Å². The average molecular weight is 349 g/mol. The van der Waals surface area contributed by atoms with Crippen LogP contribution in [0.15, 0.2) is 33.3 Å². The lowest BCUT2D eigenvalue weighted by molar-refractivity contribution is 0.630. The van der Waals surface area contributed by atoms with Gasteiger partial charge in [0.25, 0.3) is 0 Å². The Morgan fingerprint density at radius 3 is 2.69 bits per heavy atom. The van der Waals surface area contributed by atoms with Gasteiger partial charge in [-0.05, 0) is 34.1 Å². The van der Waals surface area contributed by atoms with Crippen molar-refractivity contribution < 1.29 is 4.39 Å². The fourth-order valence-electron chi connectivity index (χ4n) is 1.27. The van der Waals surface area contributed by atoms with E-state index in [9.17, 15) is 4.39 Å². The Morgan fingerprint density at radius 2 is 2.12 bits per heavy atom. The maximum absolute atomic E-state index is 13.6. The van der Waals surface area contributed by atoms with Gasteiger partial charge >= 0.3 is 0 Å². The Morgan fingerprint density at radius 1 is 1.38 bits per heavy atom. The van der Waals surface area contributed by atoms with Gasteiger partial charge in [-0.15, -0.1) is 0 Å². The molecule has 16 heavy (non-hydrogen) atoms. The van der Waals surface area contributed by atoms with Crippen molar-refractivity contribution in [2.24, 2.45) is 7.05 Å². The summed E-state index contributed by atoms with van der Waals surface area (Å²) in [5, 5.41) is 7.01. The first-order chi connectivity index (χ1) is 7.58. The van der Waals surface area contributed by atoms with Crippen molar-refractivity contribution in [2.45, 2.75) is 0 Å². The predicted molar refractivity (Wildman–Crippen MR) is 68.3 cm³/mol. The van der Waals surface area contributed by atoms with Gasteiger partial charge in [0.05, 0.1) is 16.4 Å². The third-order valence-corrected chi connectivity index (χ3v) is 3.15. The number of benzene rings is 1. The lowest BCUT2D eigenvalue weighted by Crippen LogP contribution is -2.01. The summed E-state index contributed by atoms with van der Waals surface area (Å²) in [6, 6.07) is 4.85. The molecule has 1 aromatic heterocycles. The van der Waals surface area contributed by atoms with E-state index in [1.165, 1.54) is 6.07 Å². The van der Waals surface area contributed by atoms with Crippen LogP contribution >= 0.6 is 31.9 Å². The molecule has 3 nitrogen and oxygen atoms in total. The van der Waals surface area contributed by atoms with Crippen molar-refractivity contribution in [3.8, 4) is 0 Å². The van der Waals surface area contributed by atoms with Gasteiger partial charge in [0.2, 0.25) is 0 Å². The molecule has 0 radical (unpaired) electrons. The standard InChI is InChI=1S/C10H8Br2FN3/c1-16-10(7(12)5-14-16)15-9-3-2-6(11)4-8(9)13/h2-5,15H,1H3. The van der Waals surface area contributed by atoms with Gasteiger partial charge in [-0.3, -0.25) is 4.68 Å². The van der Waals surface area contributed by atoms with Gasteiger partial charge in [0.15, 0.2) is 0 Å². The summed E-state index contributed by atoms with van der Waals surface area (Å²) in [5.74, 6) is 0.392. The molecule has 2 aromatic rings. The molecule has 1 N–H and O–H groups in total. The molecule has 0 aliphatic heterocycles. The van der Waals surface area contributed by atoms with E-state index in [1.807, 2.05) is 0 Å². The molecule has 6 heteroatoms. The Kier molecular flexibility index (Phi) is 3.30. The zero-order valence-corrected chi connectivity index (χ0v) is 11.5. The first-order valence-electron chi connectivity index (χ1n) is 4.47. The van der Waals surface area contributed by atoms with Crippen LogP contribution < -0.4 is 5.32 Å². The van der Waals surface area contributed by atoms with Gasteiger partial charge in [0.1, 0.15) is 11.6 Å². The summed E-state index contributed by atoms with van der Waals surface area (Å²) in [6.45, 7) is 0. The molecule has 0 aliphatic carbocycles. The number of halogens is 3. The molecule has 2 rings (SSSR count). The largest absolute Gasteiger partial charge is 0.337 e. The van der Waals surface area contributed by atoms with Gasteiger partial charge in [0, 0.05) is 11.5 Å². The Labute approximate surface area is 109 Å². The highest BCUT2D eigenvalue weighted by molar-refractivity contribution is 9.10. The molecule has 0 saturated heterocycles. The fraction of sp³-hybridized carbons (Fsp3) is 0.100. The minimum atomic E-state index is -0.317. The number of anilines is 2. The Bertz CT molecular complexity index is 505. The van der Waals surface area contributed by atoms with E-state index in [1.54, 1.807) is 30.1 Å². The van der Waals surface area contributed by atoms with Crippen LogP contribution in [0.3, 0.4) is 0 Å². The van der Waals surface area contributed by atoms with E-state index < -0.39 is 0 Å². The third-order valence-electron chi connectivity index (χ3n) is 2.08. The smallest absolute Gasteiger partial charge is 0.147 e. The predicted octanol–water partition coefficient (Wildman–Crippen LogP) is 3.83. The van der Waals surface area contributed by atoms with Crippen molar-refractivity contribution >= 4 is 43.4 Å². The molecule has 1 aromatic carbocycles. The van der Waals surface area contributed by atoms with Crippen molar-refractivity contribution in [1.29, 1.82) is 0 Å². The molecule has 0 amide bonds. The SMILES string of the molecule is Cn1ncc(Br)c1Nc1ccc(Br)cc1F. The molecule has 0 spiro atoms. The van der Waals surface area contributed by atoms with Crippen molar-refractivity contribution in [3.63, 3.8) is 0 Å². The van der Waals surface area contributed by atoms with Crippen LogP contribution in [-0.2, 0) is 7.05 Å². The zero-order valence-electron chi connectivity index (χ0n) is 8.34. The highest BCUT2D eigenvalue weighted by Gasteiger charge is 2.09. The third kappa shape index (κ3) is 2.27. The lowest BCUT2D eigenvalue weighted by Gasteiger charge is -2.08. The topological polar surface area (TPSA) is 29.9 Å². The highest BCUT2D eigenvalue weighted by atomic mass is 79.9. The van der Waals surface area contributed by atoms with E-state index in [0.29, 0.717) is 16.0 Å². The van der Waals surface area contributed by atoms with E-state index in [2.05, 4.69) is 42.3 Å². The number of nitrogens with one attached hydrogen (secondary N) is 1. The number of aryl methyl sites for hydroxylation is 1. The summed E-state index contributed by atoms with van der Waals surface area (Å²) >= 11 is 6.54. The van der Waals surface area contributed by atoms with Crippen LogP contribution in [0.25, 0.3) is 0 Å². The van der Waals surface area contributed by atoms with E-state index >= 15 is 0 Å². The van der Waals surface area contributed by atoms with Crippen molar-refractivity contribution in [1.82, 2.24) is 9.78 Å². The van der Waals surface area contributed by atoms with Crippen LogP contribution in [0.2, 0.25) is 0 Å². The molecule has 1 heterocycles. The minimum absolute atomic E-state index is 0.317. The maximum Gasteiger partial charge on any atom is 0.147 e.